The van der Waals surface area contributed by atoms with Crippen LogP contribution in [0.2, 0.25) is 0 Å². The van der Waals surface area contributed by atoms with Gasteiger partial charge >= 0.3 is 5.97 Å². The molecule has 3 heterocycles. The topological polar surface area (TPSA) is 103 Å². The molecule has 40 heavy (non-hydrogen) atoms. The van der Waals surface area contributed by atoms with Gasteiger partial charge in [0, 0.05) is 29.7 Å². The Morgan fingerprint density at radius 3 is 2.12 bits per heavy atom. The third-order valence-electron chi connectivity index (χ3n) is 6.53. The molecule has 0 saturated heterocycles. The zero-order valence-electron chi connectivity index (χ0n) is 21.7. The zero-order valence-corrected chi connectivity index (χ0v) is 21.7. The molecule has 6 rings (SSSR count). The number of rotatable bonds is 8. The lowest BCUT2D eigenvalue weighted by Gasteiger charge is -2.09. The first-order valence-electron chi connectivity index (χ1n) is 12.9. The maximum absolute atomic E-state index is 11.4. The summed E-state index contributed by atoms with van der Waals surface area (Å²) in [6.07, 6.45) is 5.64. The number of nitrogens with zero attached hydrogens (tertiary/aromatic N) is 5. The first-order valence-corrected chi connectivity index (χ1v) is 12.9. The van der Waals surface area contributed by atoms with E-state index in [1.54, 1.807) is 23.1 Å². The molecule has 6 aromatic rings. The van der Waals surface area contributed by atoms with Crippen LogP contribution in [0.15, 0.2) is 104 Å². The Morgan fingerprint density at radius 2 is 1.45 bits per heavy atom. The van der Waals surface area contributed by atoms with E-state index < -0.39 is 5.97 Å². The Kier molecular flexibility index (Phi) is 6.72. The molecule has 0 saturated carbocycles. The minimum atomic E-state index is -1.03. The molecule has 0 unspecified atom stereocenters. The van der Waals surface area contributed by atoms with E-state index in [0.717, 1.165) is 56.8 Å². The first-order chi connectivity index (χ1) is 19.6. The van der Waals surface area contributed by atoms with E-state index in [4.69, 9.17) is 9.84 Å². The second kappa shape index (κ2) is 10.8. The predicted octanol–water partition coefficient (Wildman–Crippen LogP) is 6.70. The molecule has 0 aliphatic rings. The zero-order chi connectivity index (χ0) is 27.5. The van der Waals surface area contributed by atoms with Gasteiger partial charge in [0.05, 0.1) is 34.6 Å². The van der Waals surface area contributed by atoms with Gasteiger partial charge in [-0.25, -0.2) is 14.5 Å². The average Bonchev–Trinajstić information content (AvgIpc) is 3.46. The van der Waals surface area contributed by atoms with Gasteiger partial charge < -0.3 is 9.84 Å². The normalized spacial score (nSPS) is 11.0. The molecule has 0 spiro atoms. The lowest BCUT2D eigenvalue weighted by molar-refractivity contribution is 0.0696. The Labute approximate surface area is 230 Å². The Hall–Kier alpha value is -5.37. The SMILES string of the molecule is CCCOc1ccc(-c2ccc(-c3cc(-c4ccc5nccnc5c4)nn3-c3ccc(C(=O)O)cn3)cc2)cc1. The second-order valence-electron chi connectivity index (χ2n) is 9.25. The number of fused-ring (bicyclic) bond motifs is 1. The van der Waals surface area contributed by atoms with Crippen LogP contribution in [0.5, 0.6) is 5.75 Å². The number of aromatic carboxylic acids is 1. The van der Waals surface area contributed by atoms with E-state index in [1.165, 1.54) is 12.3 Å². The number of pyridine rings is 1. The summed E-state index contributed by atoms with van der Waals surface area (Å²) in [5.74, 6) is 0.344. The maximum Gasteiger partial charge on any atom is 0.337 e. The molecule has 0 fully saturated rings. The van der Waals surface area contributed by atoms with Crippen molar-refractivity contribution in [3.05, 3.63) is 109 Å². The molecular weight excluding hydrogens is 502 g/mol. The van der Waals surface area contributed by atoms with E-state index >= 15 is 0 Å². The number of ether oxygens (including phenoxy) is 1. The molecule has 8 nitrogen and oxygen atoms in total. The third kappa shape index (κ3) is 5.02. The van der Waals surface area contributed by atoms with Gasteiger partial charge in [-0.15, -0.1) is 0 Å². The fraction of sp³-hybridized carbons (Fsp3) is 0.0938. The molecule has 0 radical (unpaired) electrons. The fourth-order valence-corrected chi connectivity index (χ4v) is 4.46. The smallest absolute Gasteiger partial charge is 0.337 e. The summed E-state index contributed by atoms with van der Waals surface area (Å²) in [5.41, 5.74) is 7.24. The van der Waals surface area contributed by atoms with Crippen molar-refractivity contribution in [3.63, 3.8) is 0 Å². The van der Waals surface area contributed by atoms with Crippen LogP contribution in [0.25, 0.3) is 50.5 Å². The molecule has 0 amide bonds. The largest absolute Gasteiger partial charge is 0.494 e. The van der Waals surface area contributed by atoms with E-state index in [1.807, 2.05) is 48.5 Å². The van der Waals surface area contributed by atoms with E-state index in [0.29, 0.717) is 12.4 Å². The lowest BCUT2D eigenvalue weighted by atomic mass is 10.0. The number of benzene rings is 3. The molecule has 3 aromatic heterocycles. The van der Waals surface area contributed by atoms with Crippen LogP contribution in [0.4, 0.5) is 0 Å². The summed E-state index contributed by atoms with van der Waals surface area (Å²) in [7, 11) is 0. The van der Waals surface area contributed by atoms with Gasteiger partial charge in [0.25, 0.3) is 0 Å². The van der Waals surface area contributed by atoms with Gasteiger partial charge in [-0.2, -0.15) is 5.10 Å². The minimum absolute atomic E-state index is 0.112. The number of aromatic nitrogens is 5. The van der Waals surface area contributed by atoms with Crippen LogP contribution in [0.1, 0.15) is 23.7 Å². The van der Waals surface area contributed by atoms with E-state index in [2.05, 4.69) is 46.1 Å². The van der Waals surface area contributed by atoms with Gasteiger partial charge in [0.1, 0.15) is 5.75 Å². The third-order valence-corrected chi connectivity index (χ3v) is 6.53. The average molecular weight is 528 g/mol. The highest BCUT2D eigenvalue weighted by Gasteiger charge is 2.16. The number of carboxylic acid groups (broad SMARTS) is 1. The second-order valence-corrected chi connectivity index (χ2v) is 9.25. The highest BCUT2D eigenvalue weighted by molar-refractivity contribution is 5.87. The van der Waals surface area contributed by atoms with Crippen LogP contribution in [-0.2, 0) is 0 Å². The number of hydrogen-bond donors (Lipinski definition) is 1. The van der Waals surface area contributed by atoms with Crippen molar-refractivity contribution >= 4 is 17.0 Å². The van der Waals surface area contributed by atoms with Crippen molar-refractivity contribution in [2.75, 3.05) is 6.61 Å². The van der Waals surface area contributed by atoms with Gasteiger partial charge in [-0.1, -0.05) is 49.4 Å². The molecule has 8 heteroatoms. The molecular formula is C32H25N5O3. The van der Waals surface area contributed by atoms with Crippen molar-refractivity contribution in [1.82, 2.24) is 24.7 Å². The summed E-state index contributed by atoms with van der Waals surface area (Å²) in [6, 6.07) is 27.3. The van der Waals surface area contributed by atoms with Gasteiger partial charge in [-0.3, -0.25) is 9.97 Å². The van der Waals surface area contributed by atoms with Crippen molar-refractivity contribution in [2.24, 2.45) is 0 Å². The Morgan fingerprint density at radius 1 is 0.775 bits per heavy atom. The predicted molar refractivity (Wildman–Crippen MR) is 154 cm³/mol. The lowest BCUT2D eigenvalue weighted by Crippen LogP contribution is -2.04. The molecule has 0 bridgehead atoms. The Bertz CT molecular complexity index is 1790. The molecule has 196 valence electrons. The van der Waals surface area contributed by atoms with E-state index in [9.17, 15) is 9.90 Å². The van der Waals surface area contributed by atoms with Crippen molar-refractivity contribution in [2.45, 2.75) is 13.3 Å². The standard InChI is InChI=1S/C32H25N5O3/c1-2-17-40-26-11-7-22(8-12-26)21-3-5-23(6-4-21)30-19-28(24-9-13-27-29(18-24)34-16-15-33-27)36-37(30)31-14-10-25(20-35-31)32(38)39/h3-16,18-20H,2,17H2,1H3,(H,38,39). The van der Waals surface area contributed by atoms with Gasteiger partial charge in [0.15, 0.2) is 5.82 Å². The molecule has 0 atom stereocenters. The summed E-state index contributed by atoms with van der Waals surface area (Å²) < 4.78 is 7.44. The van der Waals surface area contributed by atoms with E-state index in [-0.39, 0.29) is 5.56 Å². The van der Waals surface area contributed by atoms with Crippen LogP contribution in [0, 0.1) is 0 Å². The van der Waals surface area contributed by atoms with Crippen molar-refractivity contribution in [1.29, 1.82) is 0 Å². The first kappa shape index (κ1) is 24.9. The minimum Gasteiger partial charge on any atom is -0.494 e. The van der Waals surface area contributed by atoms with Crippen molar-refractivity contribution < 1.29 is 14.6 Å². The molecule has 3 aromatic carbocycles. The van der Waals surface area contributed by atoms with Crippen LogP contribution < -0.4 is 4.74 Å². The van der Waals surface area contributed by atoms with Crippen LogP contribution in [-0.4, -0.2) is 42.4 Å². The molecule has 0 aliphatic heterocycles. The fourth-order valence-electron chi connectivity index (χ4n) is 4.46. The number of hydrogen-bond acceptors (Lipinski definition) is 6. The summed E-state index contributed by atoms with van der Waals surface area (Å²) in [6.45, 7) is 2.78. The van der Waals surface area contributed by atoms with Crippen LogP contribution in [0.3, 0.4) is 0 Å². The quantitative estimate of drug-likeness (QED) is 0.235. The summed E-state index contributed by atoms with van der Waals surface area (Å²) in [4.78, 5) is 24.5. The molecule has 1 N–H and O–H groups in total. The summed E-state index contributed by atoms with van der Waals surface area (Å²) >= 11 is 0. The molecule has 0 aliphatic carbocycles. The number of carbonyl (C=O) groups is 1. The Balaban J connectivity index is 1.39. The maximum atomic E-state index is 11.4. The van der Waals surface area contributed by atoms with Gasteiger partial charge in [0.2, 0.25) is 0 Å². The highest BCUT2D eigenvalue weighted by Crippen LogP contribution is 2.31. The van der Waals surface area contributed by atoms with Gasteiger partial charge in [-0.05, 0) is 60.0 Å². The summed E-state index contributed by atoms with van der Waals surface area (Å²) in [5, 5.41) is 14.2. The van der Waals surface area contributed by atoms with Crippen molar-refractivity contribution in [3.8, 4) is 45.2 Å². The highest BCUT2D eigenvalue weighted by atomic mass is 16.5. The number of carboxylic acids is 1. The monoisotopic (exact) mass is 527 g/mol. The van der Waals surface area contributed by atoms with Crippen LogP contribution >= 0.6 is 0 Å².